The van der Waals surface area contributed by atoms with Crippen molar-refractivity contribution in [2.75, 3.05) is 6.54 Å². The van der Waals surface area contributed by atoms with Crippen molar-refractivity contribution in [3.8, 4) is 0 Å². The van der Waals surface area contributed by atoms with Crippen molar-refractivity contribution in [2.24, 2.45) is 11.7 Å². The van der Waals surface area contributed by atoms with E-state index in [-0.39, 0.29) is 0 Å². The molecule has 2 N–H and O–H groups in total. The zero-order valence-electron chi connectivity index (χ0n) is 7.36. The van der Waals surface area contributed by atoms with Gasteiger partial charge in [-0.05, 0) is 12.8 Å². The molecule has 1 fully saturated rings. The van der Waals surface area contributed by atoms with Crippen LogP contribution < -0.4 is 5.73 Å². The summed E-state index contributed by atoms with van der Waals surface area (Å²) in [6.45, 7) is -0.488. The molecule has 72 valence electrons. The Morgan fingerprint density at radius 1 is 1.08 bits per heavy atom. The van der Waals surface area contributed by atoms with Crippen LogP contribution in [0.15, 0.2) is 0 Å². The lowest BCUT2D eigenvalue weighted by atomic mass is 9.93. The fourth-order valence-corrected chi connectivity index (χ4v) is 1.87. The Balaban J connectivity index is 2.47. The Kier molecular flexibility index (Phi) is 3.44. The molecule has 1 aliphatic carbocycles. The standard InChI is InChI=1S/C9H17F2N/c10-9(11,7-12)8-5-3-1-2-4-6-8/h8H,1-7,12H2. The van der Waals surface area contributed by atoms with Gasteiger partial charge in [0.1, 0.15) is 0 Å². The summed E-state index contributed by atoms with van der Waals surface area (Å²) in [6.07, 6.45) is 5.42. The lowest BCUT2D eigenvalue weighted by Crippen LogP contribution is -2.36. The van der Waals surface area contributed by atoms with Crippen LogP contribution in [0.5, 0.6) is 0 Å². The minimum atomic E-state index is -2.62. The number of halogens is 2. The fourth-order valence-electron chi connectivity index (χ4n) is 1.87. The molecule has 1 nitrogen and oxygen atoms in total. The van der Waals surface area contributed by atoms with E-state index in [9.17, 15) is 8.78 Å². The molecule has 0 bridgehead atoms. The van der Waals surface area contributed by atoms with Crippen LogP contribution >= 0.6 is 0 Å². The summed E-state index contributed by atoms with van der Waals surface area (Å²) in [4.78, 5) is 0. The van der Waals surface area contributed by atoms with Gasteiger partial charge in [-0.2, -0.15) is 0 Å². The lowest BCUT2D eigenvalue weighted by molar-refractivity contribution is -0.0542. The fraction of sp³-hybridized carbons (Fsp3) is 1.00. The largest absolute Gasteiger partial charge is 0.325 e. The monoisotopic (exact) mass is 177 g/mol. The van der Waals surface area contributed by atoms with Crippen LogP contribution in [-0.2, 0) is 0 Å². The van der Waals surface area contributed by atoms with Crippen LogP contribution in [0.1, 0.15) is 38.5 Å². The van der Waals surface area contributed by atoms with Gasteiger partial charge in [0, 0.05) is 5.92 Å². The zero-order valence-corrected chi connectivity index (χ0v) is 7.36. The van der Waals surface area contributed by atoms with E-state index < -0.39 is 18.4 Å². The molecule has 0 amide bonds. The molecule has 0 spiro atoms. The van der Waals surface area contributed by atoms with Gasteiger partial charge in [0.25, 0.3) is 5.92 Å². The molecule has 0 radical (unpaired) electrons. The SMILES string of the molecule is NCC(F)(F)C1CCCCCC1. The predicted octanol–water partition coefficient (Wildman–Crippen LogP) is 2.55. The molecule has 1 saturated carbocycles. The van der Waals surface area contributed by atoms with Crippen LogP contribution in [0.25, 0.3) is 0 Å². The summed E-state index contributed by atoms with van der Waals surface area (Å²) >= 11 is 0. The van der Waals surface area contributed by atoms with E-state index in [0.29, 0.717) is 12.8 Å². The zero-order chi connectivity index (χ0) is 9.03. The van der Waals surface area contributed by atoms with Gasteiger partial charge >= 0.3 is 0 Å². The second kappa shape index (κ2) is 4.17. The maximum atomic E-state index is 13.1. The molecule has 0 aliphatic heterocycles. The molecule has 0 saturated heterocycles. The van der Waals surface area contributed by atoms with Crippen molar-refractivity contribution in [2.45, 2.75) is 44.4 Å². The molecule has 0 unspecified atom stereocenters. The Labute approximate surface area is 72.3 Å². The first kappa shape index (κ1) is 9.90. The van der Waals surface area contributed by atoms with Crippen LogP contribution in [0, 0.1) is 5.92 Å². The molecule has 0 atom stereocenters. The van der Waals surface area contributed by atoms with Gasteiger partial charge in [-0.3, -0.25) is 0 Å². The Morgan fingerprint density at radius 3 is 2.00 bits per heavy atom. The van der Waals surface area contributed by atoms with Crippen molar-refractivity contribution in [1.29, 1.82) is 0 Å². The van der Waals surface area contributed by atoms with Gasteiger partial charge in [0.15, 0.2) is 0 Å². The maximum absolute atomic E-state index is 13.1. The van der Waals surface area contributed by atoms with E-state index in [1.807, 2.05) is 0 Å². The van der Waals surface area contributed by atoms with Gasteiger partial charge in [-0.1, -0.05) is 25.7 Å². The molecule has 12 heavy (non-hydrogen) atoms. The average molecular weight is 177 g/mol. The number of nitrogens with two attached hydrogens (primary N) is 1. The smallest absolute Gasteiger partial charge is 0.262 e. The molecular weight excluding hydrogens is 160 g/mol. The highest BCUT2D eigenvalue weighted by Crippen LogP contribution is 2.34. The first-order valence-corrected chi connectivity index (χ1v) is 4.74. The van der Waals surface area contributed by atoms with E-state index in [1.54, 1.807) is 0 Å². The summed E-state index contributed by atoms with van der Waals surface area (Å²) in [6, 6.07) is 0. The Morgan fingerprint density at radius 2 is 1.58 bits per heavy atom. The normalized spacial score (nSPS) is 22.2. The summed E-state index contributed by atoms with van der Waals surface area (Å²) in [7, 11) is 0. The molecule has 0 aromatic carbocycles. The number of hydrogen-bond donors (Lipinski definition) is 1. The molecule has 1 rings (SSSR count). The second-order valence-electron chi connectivity index (χ2n) is 3.65. The highest BCUT2D eigenvalue weighted by molar-refractivity contribution is 4.79. The first-order valence-electron chi connectivity index (χ1n) is 4.74. The van der Waals surface area contributed by atoms with E-state index >= 15 is 0 Å². The minimum absolute atomic E-state index is 0.454. The lowest BCUT2D eigenvalue weighted by Gasteiger charge is -2.24. The second-order valence-corrected chi connectivity index (χ2v) is 3.65. The van der Waals surface area contributed by atoms with Crippen LogP contribution in [0.3, 0.4) is 0 Å². The Bertz CT molecular complexity index is 128. The van der Waals surface area contributed by atoms with Gasteiger partial charge in [0.05, 0.1) is 6.54 Å². The van der Waals surface area contributed by atoms with E-state index in [4.69, 9.17) is 5.73 Å². The average Bonchev–Trinajstić information content (AvgIpc) is 2.32. The predicted molar refractivity (Wildman–Crippen MR) is 45.2 cm³/mol. The number of alkyl halides is 2. The molecule has 1 aliphatic rings. The van der Waals surface area contributed by atoms with E-state index in [2.05, 4.69) is 0 Å². The topological polar surface area (TPSA) is 26.0 Å². The van der Waals surface area contributed by atoms with Gasteiger partial charge in [-0.15, -0.1) is 0 Å². The molecular formula is C9H17F2N. The third-order valence-electron chi connectivity index (χ3n) is 2.72. The van der Waals surface area contributed by atoms with Crippen molar-refractivity contribution < 1.29 is 8.78 Å². The quantitative estimate of drug-likeness (QED) is 0.644. The van der Waals surface area contributed by atoms with E-state index in [0.717, 1.165) is 25.7 Å². The third-order valence-corrected chi connectivity index (χ3v) is 2.72. The van der Waals surface area contributed by atoms with Crippen molar-refractivity contribution in [3.05, 3.63) is 0 Å². The van der Waals surface area contributed by atoms with Gasteiger partial charge in [-0.25, -0.2) is 8.78 Å². The summed E-state index contributed by atoms with van der Waals surface area (Å²) in [5.41, 5.74) is 5.04. The van der Waals surface area contributed by atoms with Gasteiger partial charge in [0.2, 0.25) is 0 Å². The van der Waals surface area contributed by atoms with Crippen molar-refractivity contribution in [3.63, 3.8) is 0 Å². The molecule has 3 heteroatoms. The number of hydrogen-bond acceptors (Lipinski definition) is 1. The van der Waals surface area contributed by atoms with Crippen LogP contribution in [0.4, 0.5) is 8.78 Å². The van der Waals surface area contributed by atoms with Crippen LogP contribution in [0.2, 0.25) is 0 Å². The van der Waals surface area contributed by atoms with Gasteiger partial charge < -0.3 is 5.73 Å². The highest BCUT2D eigenvalue weighted by atomic mass is 19.3. The summed E-state index contributed by atoms with van der Waals surface area (Å²) in [5.74, 6) is -3.07. The molecule has 0 heterocycles. The Hall–Kier alpha value is -0.180. The summed E-state index contributed by atoms with van der Waals surface area (Å²) in [5, 5.41) is 0. The maximum Gasteiger partial charge on any atom is 0.262 e. The molecule has 0 aromatic heterocycles. The minimum Gasteiger partial charge on any atom is -0.325 e. The van der Waals surface area contributed by atoms with Crippen molar-refractivity contribution in [1.82, 2.24) is 0 Å². The van der Waals surface area contributed by atoms with Crippen molar-refractivity contribution >= 4 is 0 Å². The number of rotatable bonds is 2. The molecule has 0 aromatic rings. The van der Waals surface area contributed by atoms with Crippen LogP contribution in [-0.4, -0.2) is 12.5 Å². The first-order chi connectivity index (χ1) is 5.67. The highest BCUT2D eigenvalue weighted by Gasteiger charge is 2.37. The summed E-state index contributed by atoms with van der Waals surface area (Å²) < 4.78 is 26.2. The third kappa shape index (κ3) is 2.41. The van der Waals surface area contributed by atoms with E-state index in [1.165, 1.54) is 0 Å².